The molecule has 16 nitrogen and oxygen atoms in total. The van der Waals surface area contributed by atoms with Crippen LogP contribution in [0.3, 0.4) is 0 Å². The molecule has 408 valence electrons. The number of ketones is 3. The summed E-state index contributed by atoms with van der Waals surface area (Å²) in [5, 5.41) is 36.8. The van der Waals surface area contributed by atoms with Gasteiger partial charge in [0, 0.05) is 20.1 Å². The first-order valence-electron chi connectivity index (χ1n) is 26.2. The van der Waals surface area contributed by atoms with Gasteiger partial charge in [-0.25, -0.2) is 0 Å². The van der Waals surface area contributed by atoms with E-state index < -0.39 is 82.2 Å². The van der Waals surface area contributed by atoms with Crippen LogP contribution in [0.1, 0.15) is 112 Å². The Kier molecular flexibility index (Phi) is 26.3. The van der Waals surface area contributed by atoms with E-state index in [-0.39, 0.29) is 96.4 Å². The number of ether oxygens (including phenoxy) is 5. The Labute approximate surface area is 449 Å². The van der Waals surface area contributed by atoms with Crippen molar-refractivity contribution in [3.8, 4) is 0 Å². The zero-order chi connectivity index (χ0) is 54.0. The monoisotopic (exact) mass is 1150 g/mol. The van der Waals surface area contributed by atoms with Gasteiger partial charge in [-0.05, 0) is 31.3 Å². The molecule has 3 aliphatic heterocycles. The molecule has 4 N–H and O–H groups in total. The Bertz CT molecular complexity index is 2100. The van der Waals surface area contributed by atoms with Crippen LogP contribution in [0.4, 0.5) is 0 Å². The molecule has 0 amide bonds. The number of hydrogen-bond acceptors (Lipinski definition) is 17. The molecule has 0 unspecified atom stereocenters. The summed E-state index contributed by atoms with van der Waals surface area (Å²) in [5.74, 6) is -7.24. The fraction of sp³-hybridized carbons (Fsp3) is 0.709. The third-order valence-corrected chi connectivity index (χ3v) is 17.0. The minimum absolute atomic E-state index is 0.0518. The SMILES string of the molecule is C=C[C@@H]1/C=C/C=C/C=C(\C)NC[C@@H]2CC[C@@H](C)[C@@](O)(O2)C(=O)/C(=C(\[CH2][Sn+])C[S-](=O)=O)N2CCCC[C@H]2C(=O)O[C@H]([C@H](C)C[C@@H]2CC[C@@H](OCCO)[C@H](OC)C2)CC(=O)[C@H](C)/C=C(\C)[C@@H](O)[C@@H](OC)C(=O)[C@H](C)C1. The average molecular weight is 1150 g/mol. The number of carbonyl (C=O) groups excluding carboxylic acids is 4. The molecular weight excluding hydrogens is 1060 g/mol. The van der Waals surface area contributed by atoms with Gasteiger partial charge in [-0.1, -0.05) is 31.2 Å². The number of carbonyl (C=O) groups is 4. The molecule has 0 aromatic carbocycles. The first-order valence-corrected chi connectivity index (χ1v) is 29.4. The van der Waals surface area contributed by atoms with Crippen LogP contribution < -0.4 is 5.32 Å². The van der Waals surface area contributed by atoms with Crippen LogP contribution in [0.5, 0.6) is 0 Å². The molecule has 2 saturated heterocycles. The van der Waals surface area contributed by atoms with Gasteiger partial charge >= 0.3 is 290 Å². The van der Waals surface area contributed by atoms with E-state index in [0.717, 1.165) is 34.6 Å². The first-order chi connectivity index (χ1) is 34.7. The van der Waals surface area contributed by atoms with Crippen molar-refractivity contribution >= 4 is 56.5 Å². The number of piperidine rings is 1. The number of allylic oxidation sites excluding steroid dienone is 8. The van der Waals surface area contributed by atoms with Crippen LogP contribution in [0.25, 0.3) is 0 Å². The quantitative estimate of drug-likeness (QED) is 0.0567. The third-order valence-electron chi connectivity index (χ3n) is 15.2. The second kappa shape index (κ2) is 30.7. The number of Topliss-reactive ketones (excluding diaryl/α,β-unsaturated/α-hetero) is 3. The first kappa shape index (κ1) is 62.5. The van der Waals surface area contributed by atoms with Gasteiger partial charge in [0.1, 0.15) is 12.2 Å². The second-order valence-corrected chi connectivity index (χ2v) is 22.6. The number of methoxy groups -OCH3 is 2. The summed E-state index contributed by atoms with van der Waals surface area (Å²) in [6.07, 6.45) is 13.6. The van der Waals surface area contributed by atoms with Crippen LogP contribution >= 0.6 is 0 Å². The summed E-state index contributed by atoms with van der Waals surface area (Å²) < 4.78 is 55.3. The summed E-state index contributed by atoms with van der Waals surface area (Å²) in [6.45, 7) is 15.2. The van der Waals surface area contributed by atoms with Crippen molar-refractivity contribution < 1.29 is 66.6 Å². The van der Waals surface area contributed by atoms with Crippen molar-refractivity contribution in [2.45, 2.75) is 165 Å². The van der Waals surface area contributed by atoms with Gasteiger partial charge in [0.15, 0.2) is 5.78 Å². The van der Waals surface area contributed by atoms with E-state index in [9.17, 15) is 38.1 Å². The Balaban J connectivity index is 1.81. The normalized spacial score (nSPS) is 36.8. The molecule has 73 heavy (non-hydrogen) atoms. The number of fused-ring (bicyclic) bond motifs is 3. The van der Waals surface area contributed by atoms with E-state index in [0.29, 0.717) is 56.9 Å². The van der Waals surface area contributed by atoms with Crippen molar-refractivity contribution in [2.75, 3.05) is 46.3 Å². The molecule has 14 atom stereocenters. The Hall–Kier alpha value is -3.01. The van der Waals surface area contributed by atoms with Gasteiger partial charge in [0.2, 0.25) is 0 Å². The fourth-order valence-electron chi connectivity index (χ4n) is 10.7. The number of rotatable bonds is 12. The maximum absolute atomic E-state index is 15.2. The molecule has 1 aliphatic carbocycles. The Morgan fingerprint density at radius 2 is 1.75 bits per heavy atom. The average Bonchev–Trinajstić information content (AvgIpc) is 3.37. The molecule has 0 aromatic heterocycles. The van der Waals surface area contributed by atoms with Gasteiger partial charge in [-0.3, -0.25) is 4.79 Å². The number of esters is 1. The van der Waals surface area contributed by atoms with Crippen LogP contribution in [0, 0.1) is 35.5 Å². The van der Waals surface area contributed by atoms with E-state index in [4.69, 9.17) is 23.7 Å². The molecule has 2 bridgehead atoms. The van der Waals surface area contributed by atoms with Gasteiger partial charge in [0.05, 0.1) is 25.4 Å². The summed E-state index contributed by atoms with van der Waals surface area (Å²) in [4.78, 5) is 60.0. The van der Waals surface area contributed by atoms with Crippen molar-refractivity contribution in [3.63, 3.8) is 0 Å². The van der Waals surface area contributed by atoms with Crippen LogP contribution in [0.15, 0.2) is 71.7 Å². The molecule has 4 aliphatic rings. The number of aliphatic hydroxyl groups excluding tert-OH is 2. The van der Waals surface area contributed by atoms with Crippen molar-refractivity contribution in [2.24, 2.45) is 35.5 Å². The summed E-state index contributed by atoms with van der Waals surface area (Å²) in [5.41, 5.74) is 1.38. The summed E-state index contributed by atoms with van der Waals surface area (Å²) >= 11 is 0.917. The summed E-state index contributed by atoms with van der Waals surface area (Å²) in [6, 6.07) is -1.05. The minimum atomic E-state index is -2.61. The number of hydrogen-bond donors (Lipinski definition) is 4. The molecule has 0 spiro atoms. The number of nitrogens with one attached hydrogen (secondary N) is 1. The van der Waals surface area contributed by atoms with E-state index in [1.54, 1.807) is 51.9 Å². The van der Waals surface area contributed by atoms with Crippen molar-refractivity contribution in [1.82, 2.24) is 10.2 Å². The predicted molar refractivity (Wildman–Crippen MR) is 279 cm³/mol. The van der Waals surface area contributed by atoms with Crippen LogP contribution in [-0.2, 0) is 62.0 Å². The molecule has 18 heteroatoms. The summed E-state index contributed by atoms with van der Waals surface area (Å²) in [7, 11) is 0.386. The number of nitrogens with zero attached hydrogens (tertiary/aromatic N) is 1. The number of cyclic esters (lactones) is 1. The van der Waals surface area contributed by atoms with Gasteiger partial charge in [0.25, 0.3) is 0 Å². The van der Waals surface area contributed by atoms with E-state index in [1.807, 2.05) is 44.2 Å². The van der Waals surface area contributed by atoms with Crippen molar-refractivity contribution in [1.29, 1.82) is 0 Å². The fourth-order valence-corrected chi connectivity index (χ4v) is 12.6. The molecule has 0 aromatic rings. The molecule has 4 rings (SSSR count). The van der Waals surface area contributed by atoms with Gasteiger partial charge < -0.3 is 24.4 Å². The molecule has 3 fully saturated rings. The second-order valence-electron chi connectivity index (χ2n) is 20.7. The standard InChI is InChI=1S/C55H84N2O14S.Sn/c1-11-41-18-14-12-13-17-40(8)56-32-43-22-20-39(7)55(64,71-43)53(62)49(38(6)33-72(65)66)57-24-16-15-19-44(57)54(63)70-47(35(3)28-42-21-23-46(69-26-25-58)48(30-42)67-9)31-45(59)34(2)27-36(4)50(60)52(68-10)51(61)37(5)29-41;/h11-14,17-18,27,34-35,37,39,41-44,46-48,50,52,56,58,60,64H,1,6,15-16,19-26,28-33H2,2-5,7-10H3;/q-1;+1/b13-12+,18-14+,36-27+,40-17+,49-38-;/t34-,35-,37-,39-,41-,42+,43+,44+,46-,47+,48-,50-,52-,55-;/m1./s1. The van der Waals surface area contributed by atoms with Crippen molar-refractivity contribution in [3.05, 3.63) is 71.7 Å². The van der Waals surface area contributed by atoms with E-state index >= 15 is 4.79 Å². The van der Waals surface area contributed by atoms with Gasteiger partial charge in [-0.2, -0.15) is 0 Å². The molecule has 1 saturated carbocycles. The van der Waals surface area contributed by atoms with Crippen LogP contribution in [-0.4, -0.2) is 161 Å². The zero-order valence-corrected chi connectivity index (χ0v) is 48.1. The molecule has 3 heterocycles. The van der Waals surface area contributed by atoms with Gasteiger partial charge in [-0.15, -0.1) is 6.58 Å². The minimum Gasteiger partial charge on any atom is -0.386 e. The topological polar surface area (TPSA) is 225 Å². The maximum atomic E-state index is 15.2. The predicted octanol–water partition coefficient (Wildman–Crippen LogP) is 6.13. The molecule has 2 radical (unpaired) electrons. The number of aliphatic hydroxyl groups is 3. The van der Waals surface area contributed by atoms with E-state index in [1.165, 1.54) is 7.11 Å². The Morgan fingerprint density at radius 1 is 1.01 bits per heavy atom. The Morgan fingerprint density at radius 3 is 2.41 bits per heavy atom. The van der Waals surface area contributed by atoms with Crippen LogP contribution in [0.2, 0.25) is 4.44 Å². The van der Waals surface area contributed by atoms with E-state index in [2.05, 4.69) is 11.9 Å². The zero-order valence-electron chi connectivity index (χ0n) is 44.5. The third kappa shape index (κ3) is 17.8. The smallest absolute Gasteiger partial charge is 0.386 e. The molecular formula is C55H84N2O14SSn.